The van der Waals surface area contributed by atoms with Gasteiger partial charge in [0.1, 0.15) is 25.0 Å². The van der Waals surface area contributed by atoms with Crippen molar-refractivity contribution in [1.82, 2.24) is 0 Å². The first-order valence-electron chi connectivity index (χ1n) is 7.69. The van der Waals surface area contributed by atoms with Crippen LogP contribution >= 0.6 is 0 Å². The molecule has 0 aliphatic carbocycles. The van der Waals surface area contributed by atoms with Crippen molar-refractivity contribution >= 4 is 10.8 Å². The highest BCUT2D eigenvalue weighted by molar-refractivity contribution is 5.83. The van der Waals surface area contributed by atoms with Gasteiger partial charge in [-0.25, -0.2) is 0 Å². The highest BCUT2D eigenvalue weighted by Crippen LogP contribution is 2.20. The Balaban J connectivity index is 1.95. The number of hydrogen-bond acceptors (Lipinski definition) is 2. The van der Waals surface area contributed by atoms with Gasteiger partial charge < -0.3 is 14.3 Å². The Hall–Kier alpha value is -1.58. The standard InChI is InChI=1S/C18H26NO2/c1-4-19(3,5-2)13-17(20)14-21-18-11-10-15-8-6-7-9-16(15)12-18/h6-12,17,20H,4-5,13-14H2,1-3H3/q+1/t17-/m0/s1. The first-order chi connectivity index (χ1) is 10.1. The van der Waals surface area contributed by atoms with Gasteiger partial charge in [0.25, 0.3) is 0 Å². The average Bonchev–Trinajstić information content (AvgIpc) is 2.52. The molecule has 0 radical (unpaired) electrons. The van der Waals surface area contributed by atoms with Crippen LogP contribution in [-0.2, 0) is 0 Å². The minimum absolute atomic E-state index is 0.339. The maximum atomic E-state index is 10.2. The highest BCUT2D eigenvalue weighted by atomic mass is 16.5. The Bertz CT molecular complexity index is 578. The number of aliphatic hydroxyl groups excluding tert-OH is 1. The number of likely N-dealkylation sites (N-methyl/N-ethyl adjacent to an activating group) is 1. The Morgan fingerprint density at radius 2 is 1.71 bits per heavy atom. The molecule has 0 bridgehead atoms. The van der Waals surface area contributed by atoms with E-state index in [2.05, 4.69) is 39.1 Å². The van der Waals surface area contributed by atoms with Crippen LogP contribution in [0.1, 0.15) is 13.8 Å². The molecule has 0 unspecified atom stereocenters. The molecule has 2 rings (SSSR count). The van der Waals surface area contributed by atoms with Crippen LogP contribution < -0.4 is 4.74 Å². The zero-order valence-corrected chi connectivity index (χ0v) is 13.2. The van der Waals surface area contributed by atoms with Crippen LogP contribution in [0.2, 0.25) is 0 Å². The lowest BCUT2D eigenvalue weighted by molar-refractivity contribution is -0.909. The maximum absolute atomic E-state index is 10.2. The van der Waals surface area contributed by atoms with Crippen molar-refractivity contribution in [3.8, 4) is 5.75 Å². The molecule has 2 aromatic rings. The minimum atomic E-state index is -0.443. The Morgan fingerprint density at radius 3 is 2.38 bits per heavy atom. The largest absolute Gasteiger partial charge is 0.491 e. The summed E-state index contributed by atoms with van der Waals surface area (Å²) in [5.74, 6) is 0.815. The number of aliphatic hydroxyl groups is 1. The van der Waals surface area contributed by atoms with E-state index >= 15 is 0 Å². The van der Waals surface area contributed by atoms with Gasteiger partial charge in [-0.3, -0.25) is 0 Å². The molecule has 1 N–H and O–H groups in total. The summed E-state index contributed by atoms with van der Waals surface area (Å²) < 4.78 is 6.61. The fraction of sp³-hybridized carbons (Fsp3) is 0.444. The lowest BCUT2D eigenvalue weighted by Crippen LogP contribution is -2.49. The van der Waals surface area contributed by atoms with E-state index in [1.165, 1.54) is 5.39 Å². The van der Waals surface area contributed by atoms with Crippen molar-refractivity contribution in [3.63, 3.8) is 0 Å². The molecule has 2 aromatic carbocycles. The van der Waals surface area contributed by atoms with Crippen LogP contribution in [0.3, 0.4) is 0 Å². The smallest absolute Gasteiger partial charge is 0.137 e. The van der Waals surface area contributed by atoms with Gasteiger partial charge in [0.15, 0.2) is 0 Å². The molecular formula is C18H26NO2+. The highest BCUT2D eigenvalue weighted by Gasteiger charge is 2.22. The van der Waals surface area contributed by atoms with E-state index in [9.17, 15) is 5.11 Å². The number of ether oxygens (including phenoxy) is 1. The molecule has 0 heterocycles. The molecule has 0 fully saturated rings. The zero-order chi connectivity index (χ0) is 15.3. The van der Waals surface area contributed by atoms with Gasteiger partial charge in [-0.15, -0.1) is 0 Å². The minimum Gasteiger partial charge on any atom is -0.491 e. The maximum Gasteiger partial charge on any atom is 0.137 e. The van der Waals surface area contributed by atoms with Gasteiger partial charge >= 0.3 is 0 Å². The molecule has 114 valence electrons. The predicted molar refractivity (Wildman–Crippen MR) is 87.6 cm³/mol. The molecular weight excluding hydrogens is 262 g/mol. The molecule has 3 heteroatoms. The molecule has 0 saturated carbocycles. The van der Waals surface area contributed by atoms with Crippen LogP contribution in [-0.4, -0.2) is 49.0 Å². The van der Waals surface area contributed by atoms with Crippen molar-refractivity contribution in [3.05, 3.63) is 42.5 Å². The SMILES string of the molecule is CC[N+](C)(CC)C[C@H](O)COc1ccc2ccccc2c1. The summed E-state index contributed by atoms with van der Waals surface area (Å²) in [6.07, 6.45) is -0.443. The normalized spacial score (nSPS) is 13.3. The molecule has 0 saturated heterocycles. The summed E-state index contributed by atoms with van der Waals surface area (Å²) in [4.78, 5) is 0. The van der Waals surface area contributed by atoms with Gasteiger partial charge in [-0.2, -0.15) is 0 Å². The third kappa shape index (κ3) is 4.19. The number of benzene rings is 2. The van der Waals surface area contributed by atoms with Crippen molar-refractivity contribution in [1.29, 1.82) is 0 Å². The van der Waals surface area contributed by atoms with E-state index in [1.54, 1.807) is 0 Å². The van der Waals surface area contributed by atoms with Crippen molar-refractivity contribution in [2.75, 3.05) is 33.3 Å². The molecule has 0 spiro atoms. The number of hydrogen-bond donors (Lipinski definition) is 1. The quantitative estimate of drug-likeness (QED) is 0.793. The first kappa shape index (κ1) is 15.8. The van der Waals surface area contributed by atoms with E-state index < -0.39 is 6.10 Å². The molecule has 0 aliphatic rings. The van der Waals surface area contributed by atoms with Gasteiger partial charge in [0, 0.05) is 0 Å². The molecule has 0 aromatic heterocycles. The molecule has 0 aliphatic heterocycles. The number of fused-ring (bicyclic) bond motifs is 1. The van der Waals surface area contributed by atoms with E-state index in [1.807, 2.05) is 24.3 Å². The van der Waals surface area contributed by atoms with Crippen LogP contribution in [0, 0.1) is 0 Å². The van der Waals surface area contributed by atoms with Crippen LogP contribution in [0.25, 0.3) is 10.8 Å². The number of quaternary nitrogens is 1. The lowest BCUT2D eigenvalue weighted by Gasteiger charge is -2.33. The Kier molecular flexibility index (Phi) is 5.21. The Morgan fingerprint density at radius 1 is 1.05 bits per heavy atom. The molecule has 21 heavy (non-hydrogen) atoms. The van der Waals surface area contributed by atoms with E-state index in [4.69, 9.17) is 4.74 Å². The topological polar surface area (TPSA) is 29.5 Å². The summed E-state index contributed by atoms with van der Waals surface area (Å²) in [6.45, 7) is 7.40. The van der Waals surface area contributed by atoms with E-state index in [-0.39, 0.29) is 0 Å². The van der Waals surface area contributed by atoms with Gasteiger partial charge in [0.05, 0.1) is 20.1 Å². The number of nitrogens with zero attached hydrogens (tertiary/aromatic N) is 1. The molecule has 1 atom stereocenters. The third-order valence-electron chi connectivity index (χ3n) is 4.34. The summed E-state index contributed by atoms with van der Waals surface area (Å²) >= 11 is 0. The van der Waals surface area contributed by atoms with Crippen molar-refractivity contribution in [2.24, 2.45) is 0 Å². The monoisotopic (exact) mass is 288 g/mol. The fourth-order valence-corrected chi connectivity index (χ4v) is 2.49. The second-order valence-corrected chi connectivity index (χ2v) is 5.91. The van der Waals surface area contributed by atoms with E-state index in [0.717, 1.165) is 35.3 Å². The fourth-order valence-electron chi connectivity index (χ4n) is 2.49. The van der Waals surface area contributed by atoms with Gasteiger partial charge in [0.2, 0.25) is 0 Å². The third-order valence-corrected chi connectivity index (χ3v) is 4.34. The summed E-state index contributed by atoms with van der Waals surface area (Å²) in [7, 11) is 2.17. The summed E-state index contributed by atoms with van der Waals surface area (Å²) in [6, 6.07) is 14.2. The van der Waals surface area contributed by atoms with E-state index in [0.29, 0.717) is 6.61 Å². The van der Waals surface area contributed by atoms with Crippen LogP contribution in [0.15, 0.2) is 42.5 Å². The number of rotatable bonds is 7. The molecule has 3 nitrogen and oxygen atoms in total. The van der Waals surface area contributed by atoms with Gasteiger partial charge in [-0.05, 0) is 36.8 Å². The van der Waals surface area contributed by atoms with Crippen molar-refractivity contribution < 1.29 is 14.3 Å². The van der Waals surface area contributed by atoms with Gasteiger partial charge in [-0.1, -0.05) is 30.3 Å². The summed E-state index contributed by atoms with van der Waals surface area (Å²) in [5, 5.41) is 12.5. The second kappa shape index (κ2) is 6.92. The van der Waals surface area contributed by atoms with Crippen LogP contribution in [0.4, 0.5) is 0 Å². The summed E-state index contributed by atoms with van der Waals surface area (Å²) in [5.41, 5.74) is 0. The average molecular weight is 288 g/mol. The first-order valence-corrected chi connectivity index (χ1v) is 7.69. The zero-order valence-electron chi connectivity index (χ0n) is 13.2. The van der Waals surface area contributed by atoms with Crippen molar-refractivity contribution in [2.45, 2.75) is 20.0 Å². The Labute approximate surface area is 127 Å². The lowest BCUT2D eigenvalue weighted by atomic mass is 10.1. The molecule has 0 amide bonds. The second-order valence-electron chi connectivity index (χ2n) is 5.91. The van der Waals surface area contributed by atoms with Crippen LogP contribution in [0.5, 0.6) is 5.75 Å². The predicted octanol–water partition coefficient (Wildman–Crippen LogP) is 3.07.